The second kappa shape index (κ2) is 9.01. The van der Waals surface area contributed by atoms with Crippen LogP contribution in [0, 0.1) is 0 Å². The van der Waals surface area contributed by atoms with Crippen LogP contribution in [-0.2, 0) is 9.53 Å². The number of hydrogen-bond acceptors (Lipinski definition) is 4. The van der Waals surface area contributed by atoms with Crippen LogP contribution >= 0.6 is 0 Å². The van der Waals surface area contributed by atoms with Gasteiger partial charge < -0.3 is 9.64 Å². The summed E-state index contributed by atoms with van der Waals surface area (Å²) in [6.45, 7) is 9.02. The van der Waals surface area contributed by atoms with E-state index in [-0.39, 0.29) is 12.1 Å². The van der Waals surface area contributed by atoms with E-state index >= 15 is 0 Å². The van der Waals surface area contributed by atoms with Crippen molar-refractivity contribution in [3.63, 3.8) is 0 Å². The first-order chi connectivity index (χ1) is 12.4. The first-order valence-corrected chi connectivity index (χ1v) is 9.53. The Labute approximate surface area is 156 Å². The molecule has 1 aliphatic rings. The SMILES string of the molecule is CCCCN(C(=O)OC(C)(C)C)c1ccc([C@H]2CCCCN2C=O)cn1. The molecule has 0 saturated carbocycles. The van der Waals surface area contributed by atoms with Gasteiger partial charge in [-0.2, -0.15) is 0 Å². The zero-order valence-electron chi connectivity index (χ0n) is 16.4. The molecule has 0 bridgehead atoms. The molecule has 6 heteroatoms. The number of carbonyl (C=O) groups excluding carboxylic acids is 2. The summed E-state index contributed by atoms with van der Waals surface area (Å²) in [7, 11) is 0. The van der Waals surface area contributed by atoms with Crippen molar-refractivity contribution in [2.75, 3.05) is 18.0 Å². The lowest BCUT2D eigenvalue weighted by atomic mass is 9.97. The number of amides is 2. The van der Waals surface area contributed by atoms with Crippen LogP contribution < -0.4 is 4.90 Å². The molecule has 1 aromatic heterocycles. The van der Waals surface area contributed by atoms with E-state index in [9.17, 15) is 9.59 Å². The maximum Gasteiger partial charge on any atom is 0.416 e. The van der Waals surface area contributed by atoms with Crippen LogP contribution in [0.3, 0.4) is 0 Å². The highest BCUT2D eigenvalue weighted by Gasteiger charge is 2.26. The Bertz CT molecular complexity index is 595. The van der Waals surface area contributed by atoms with Crippen LogP contribution in [0.1, 0.15) is 71.4 Å². The summed E-state index contributed by atoms with van der Waals surface area (Å²) in [4.78, 5) is 31.8. The maximum atomic E-state index is 12.6. The van der Waals surface area contributed by atoms with Crippen molar-refractivity contribution >= 4 is 18.3 Å². The normalized spacial score (nSPS) is 17.7. The summed E-state index contributed by atoms with van der Waals surface area (Å²) < 4.78 is 5.52. The molecule has 1 aliphatic heterocycles. The second-order valence-corrected chi connectivity index (χ2v) is 7.79. The molecule has 26 heavy (non-hydrogen) atoms. The van der Waals surface area contributed by atoms with Crippen molar-refractivity contribution in [1.82, 2.24) is 9.88 Å². The van der Waals surface area contributed by atoms with Crippen LogP contribution in [0.2, 0.25) is 0 Å². The molecule has 2 amide bonds. The van der Waals surface area contributed by atoms with E-state index in [0.29, 0.717) is 12.4 Å². The van der Waals surface area contributed by atoms with E-state index in [2.05, 4.69) is 11.9 Å². The van der Waals surface area contributed by atoms with Gasteiger partial charge in [0.25, 0.3) is 0 Å². The lowest BCUT2D eigenvalue weighted by Gasteiger charge is -2.33. The van der Waals surface area contributed by atoms with Gasteiger partial charge >= 0.3 is 6.09 Å². The van der Waals surface area contributed by atoms with E-state index in [1.807, 2.05) is 37.8 Å². The predicted octanol–water partition coefficient (Wildman–Crippen LogP) is 4.31. The molecule has 0 unspecified atom stereocenters. The summed E-state index contributed by atoms with van der Waals surface area (Å²) in [5, 5.41) is 0. The summed E-state index contributed by atoms with van der Waals surface area (Å²) in [6, 6.07) is 3.90. The fourth-order valence-electron chi connectivity index (χ4n) is 3.12. The fourth-order valence-corrected chi connectivity index (χ4v) is 3.12. The smallest absolute Gasteiger partial charge is 0.416 e. The molecular formula is C20H31N3O3. The first kappa shape index (κ1) is 20.2. The van der Waals surface area contributed by atoms with Gasteiger partial charge in [0, 0.05) is 19.3 Å². The van der Waals surface area contributed by atoms with Crippen LogP contribution in [0.25, 0.3) is 0 Å². The average Bonchev–Trinajstić information content (AvgIpc) is 2.61. The van der Waals surface area contributed by atoms with Crippen LogP contribution in [-0.4, -0.2) is 41.1 Å². The quantitative estimate of drug-likeness (QED) is 0.709. The molecule has 2 heterocycles. The van der Waals surface area contributed by atoms with Gasteiger partial charge in [-0.25, -0.2) is 9.78 Å². The first-order valence-electron chi connectivity index (χ1n) is 9.53. The topological polar surface area (TPSA) is 62.7 Å². The van der Waals surface area contributed by atoms with E-state index in [4.69, 9.17) is 4.74 Å². The highest BCUT2D eigenvalue weighted by Crippen LogP contribution is 2.30. The van der Waals surface area contributed by atoms with Gasteiger partial charge in [-0.05, 0) is 58.1 Å². The molecule has 6 nitrogen and oxygen atoms in total. The third-order valence-electron chi connectivity index (χ3n) is 4.46. The van der Waals surface area contributed by atoms with Crippen molar-refractivity contribution in [3.8, 4) is 0 Å². The van der Waals surface area contributed by atoms with Crippen LogP contribution in [0.5, 0.6) is 0 Å². The molecule has 1 atom stereocenters. The molecule has 0 aromatic carbocycles. The molecule has 1 saturated heterocycles. The number of pyridine rings is 1. The summed E-state index contributed by atoms with van der Waals surface area (Å²) in [5.74, 6) is 0.588. The highest BCUT2D eigenvalue weighted by atomic mass is 16.6. The number of anilines is 1. The number of hydrogen-bond donors (Lipinski definition) is 0. The molecule has 2 rings (SSSR count). The van der Waals surface area contributed by atoms with Gasteiger partial charge in [-0.1, -0.05) is 19.4 Å². The highest BCUT2D eigenvalue weighted by molar-refractivity contribution is 5.86. The lowest BCUT2D eigenvalue weighted by Crippen LogP contribution is -2.38. The van der Waals surface area contributed by atoms with Crippen LogP contribution in [0.15, 0.2) is 18.3 Å². The Morgan fingerprint density at radius 3 is 2.73 bits per heavy atom. The van der Waals surface area contributed by atoms with E-state index in [1.165, 1.54) is 0 Å². The number of aromatic nitrogens is 1. The van der Waals surface area contributed by atoms with Crippen molar-refractivity contribution in [2.45, 2.75) is 71.4 Å². The number of rotatable bonds is 6. The third-order valence-corrected chi connectivity index (χ3v) is 4.46. The minimum Gasteiger partial charge on any atom is -0.443 e. The van der Waals surface area contributed by atoms with E-state index in [0.717, 1.165) is 50.6 Å². The van der Waals surface area contributed by atoms with Gasteiger partial charge in [0.2, 0.25) is 6.41 Å². The number of ether oxygens (including phenoxy) is 1. The van der Waals surface area contributed by atoms with Gasteiger partial charge in [0.15, 0.2) is 0 Å². The van der Waals surface area contributed by atoms with Gasteiger partial charge in [-0.3, -0.25) is 9.69 Å². The fraction of sp³-hybridized carbons (Fsp3) is 0.650. The Morgan fingerprint density at radius 2 is 2.15 bits per heavy atom. The van der Waals surface area contributed by atoms with Crippen molar-refractivity contribution in [3.05, 3.63) is 23.9 Å². The lowest BCUT2D eigenvalue weighted by molar-refractivity contribution is -0.121. The summed E-state index contributed by atoms with van der Waals surface area (Å²) in [5.41, 5.74) is 0.466. The molecule has 1 fully saturated rings. The minimum absolute atomic E-state index is 0.0772. The molecule has 144 valence electrons. The Hall–Kier alpha value is -2.11. The number of carbonyl (C=O) groups is 2. The van der Waals surface area contributed by atoms with Crippen molar-refractivity contribution in [2.24, 2.45) is 0 Å². The molecule has 1 aromatic rings. The summed E-state index contributed by atoms with van der Waals surface area (Å²) in [6.07, 6.45) is 7.29. The molecule has 0 aliphatic carbocycles. The Kier molecular flexibility index (Phi) is 7.00. The number of nitrogens with zero attached hydrogens (tertiary/aromatic N) is 3. The van der Waals surface area contributed by atoms with E-state index < -0.39 is 5.60 Å². The van der Waals surface area contributed by atoms with Crippen molar-refractivity contribution in [1.29, 1.82) is 0 Å². The van der Waals surface area contributed by atoms with Crippen LogP contribution in [0.4, 0.5) is 10.6 Å². The Balaban J connectivity index is 2.18. The average molecular weight is 361 g/mol. The predicted molar refractivity (Wildman–Crippen MR) is 102 cm³/mol. The Morgan fingerprint density at radius 1 is 1.38 bits per heavy atom. The molecule has 0 N–H and O–H groups in total. The maximum absolute atomic E-state index is 12.6. The standard InChI is InChI=1S/C20H31N3O3/c1-5-6-13-23(19(25)26-20(2,3)4)18-11-10-16(14-21-18)17-9-7-8-12-22(17)15-24/h10-11,14-15,17H,5-9,12-13H2,1-4H3/t17-/m1/s1. The number of unbranched alkanes of at least 4 members (excludes halogenated alkanes) is 1. The zero-order chi connectivity index (χ0) is 19.2. The monoisotopic (exact) mass is 361 g/mol. The van der Waals surface area contributed by atoms with Gasteiger partial charge in [0.1, 0.15) is 11.4 Å². The van der Waals surface area contributed by atoms with Gasteiger partial charge in [-0.15, -0.1) is 0 Å². The molecular weight excluding hydrogens is 330 g/mol. The molecule has 0 radical (unpaired) electrons. The largest absolute Gasteiger partial charge is 0.443 e. The van der Waals surface area contributed by atoms with Crippen molar-refractivity contribution < 1.29 is 14.3 Å². The molecule has 0 spiro atoms. The van der Waals surface area contributed by atoms with E-state index in [1.54, 1.807) is 11.1 Å². The number of likely N-dealkylation sites (tertiary alicyclic amines) is 1. The minimum atomic E-state index is -0.548. The number of piperidine rings is 1. The second-order valence-electron chi connectivity index (χ2n) is 7.79. The third kappa shape index (κ3) is 5.44. The zero-order valence-corrected chi connectivity index (χ0v) is 16.4. The summed E-state index contributed by atoms with van der Waals surface area (Å²) >= 11 is 0. The van der Waals surface area contributed by atoms with Gasteiger partial charge in [0.05, 0.1) is 6.04 Å².